The number of ether oxygens (including phenoxy) is 1. The number of sulfonamides is 1. The van der Waals surface area contributed by atoms with E-state index in [9.17, 15) is 13.2 Å². The number of fused-ring (bicyclic) bond motifs is 1. The molecule has 1 amide bonds. The van der Waals surface area contributed by atoms with Gasteiger partial charge in [0.2, 0.25) is 10.0 Å². The van der Waals surface area contributed by atoms with Gasteiger partial charge in [-0.05, 0) is 19.1 Å². The minimum Gasteiger partial charge on any atom is -0.453 e. The molecule has 128 valence electrons. The van der Waals surface area contributed by atoms with Crippen molar-refractivity contribution in [3.05, 3.63) is 40.4 Å². The van der Waals surface area contributed by atoms with Gasteiger partial charge < -0.3 is 4.74 Å². The number of aryl methyl sites for hydroxylation is 1. The number of rotatable bonds is 3. The quantitative estimate of drug-likeness (QED) is 0.900. The molecule has 0 radical (unpaired) electrons. The highest BCUT2D eigenvalue weighted by Crippen LogP contribution is 2.31. The number of benzene rings is 1. The summed E-state index contributed by atoms with van der Waals surface area (Å²) in [4.78, 5) is 16.7. The molecule has 0 atom stereocenters. The molecular formula is C15H17N3O4S2. The van der Waals surface area contributed by atoms with Gasteiger partial charge in [0, 0.05) is 17.8 Å². The molecule has 1 N–H and O–H groups in total. The van der Waals surface area contributed by atoms with Gasteiger partial charge in [-0.25, -0.2) is 18.2 Å². The number of nitrogens with one attached hydrogen (secondary N) is 1. The van der Waals surface area contributed by atoms with E-state index < -0.39 is 16.1 Å². The zero-order valence-corrected chi connectivity index (χ0v) is 14.9. The number of nitrogens with zero attached hydrogens (tertiary/aromatic N) is 2. The maximum absolute atomic E-state index is 12.8. The van der Waals surface area contributed by atoms with Crippen molar-refractivity contribution in [2.45, 2.75) is 24.8 Å². The van der Waals surface area contributed by atoms with E-state index in [0.717, 1.165) is 16.1 Å². The molecule has 0 unspecified atom stereocenters. The second-order valence-corrected chi connectivity index (χ2v) is 8.43. The highest BCUT2D eigenvalue weighted by Gasteiger charge is 2.30. The van der Waals surface area contributed by atoms with Crippen LogP contribution in [0.25, 0.3) is 0 Å². The van der Waals surface area contributed by atoms with Crippen molar-refractivity contribution in [2.24, 2.45) is 0 Å². The number of carbonyl (C=O) groups excluding carboxylic acids is 1. The molecule has 7 nitrogen and oxygen atoms in total. The molecule has 2 aromatic rings. The van der Waals surface area contributed by atoms with Crippen LogP contribution in [0.15, 0.2) is 29.2 Å². The topological polar surface area (TPSA) is 88.6 Å². The number of anilines is 1. The Hall–Kier alpha value is -1.97. The lowest BCUT2D eigenvalue weighted by molar-refractivity contribution is 0.187. The van der Waals surface area contributed by atoms with Crippen LogP contribution >= 0.6 is 11.3 Å². The van der Waals surface area contributed by atoms with Crippen LogP contribution in [0.3, 0.4) is 0 Å². The van der Waals surface area contributed by atoms with Gasteiger partial charge in [-0.2, -0.15) is 4.31 Å². The fourth-order valence-corrected chi connectivity index (χ4v) is 4.93. The summed E-state index contributed by atoms with van der Waals surface area (Å²) in [5.41, 5.74) is 1.83. The number of methoxy groups -OCH3 is 1. The third kappa shape index (κ3) is 3.28. The van der Waals surface area contributed by atoms with Gasteiger partial charge in [-0.15, -0.1) is 0 Å². The first-order chi connectivity index (χ1) is 11.4. The number of hydrogen-bond acceptors (Lipinski definition) is 6. The lowest BCUT2D eigenvalue weighted by Crippen LogP contribution is -2.35. The van der Waals surface area contributed by atoms with Gasteiger partial charge in [0.05, 0.1) is 24.2 Å². The molecule has 0 aliphatic carbocycles. The highest BCUT2D eigenvalue weighted by molar-refractivity contribution is 7.89. The Morgan fingerprint density at radius 1 is 1.33 bits per heavy atom. The molecule has 0 bridgehead atoms. The van der Waals surface area contributed by atoms with E-state index in [4.69, 9.17) is 0 Å². The number of hydrogen-bond donors (Lipinski definition) is 1. The molecule has 0 fully saturated rings. The highest BCUT2D eigenvalue weighted by atomic mass is 32.2. The first-order valence-electron chi connectivity index (χ1n) is 7.30. The van der Waals surface area contributed by atoms with Gasteiger partial charge in [-0.1, -0.05) is 29.0 Å². The summed E-state index contributed by atoms with van der Waals surface area (Å²) in [5.74, 6) is 0. The predicted molar refractivity (Wildman–Crippen MR) is 90.6 cm³/mol. The molecular weight excluding hydrogens is 350 g/mol. The molecule has 24 heavy (non-hydrogen) atoms. The second-order valence-electron chi connectivity index (χ2n) is 5.41. The van der Waals surface area contributed by atoms with E-state index >= 15 is 0 Å². The van der Waals surface area contributed by atoms with Gasteiger partial charge in [0.25, 0.3) is 0 Å². The predicted octanol–water partition coefficient (Wildman–Crippen LogP) is 2.38. The largest absolute Gasteiger partial charge is 0.453 e. The van der Waals surface area contributed by atoms with Crippen LogP contribution in [0.1, 0.15) is 16.1 Å². The van der Waals surface area contributed by atoms with E-state index in [-0.39, 0.29) is 11.4 Å². The van der Waals surface area contributed by atoms with Crippen molar-refractivity contribution in [2.75, 3.05) is 19.0 Å². The third-order valence-electron chi connectivity index (χ3n) is 3.75. The molecule has 0 saturated heterocycles. The fraction of sp³-hybridized carbons (Fsp3) is 0.333. The standard InChI is InChI=1S/C15H17N3O4S2/c1-10-3-5-11(6-4-10)24(20,21)18-8-7-12-13(9-18)23-14(16-12)17-15(19)22-2/h3-6H,7-9H2,1-2H3,(H,16,17,19). The summed E-state index contributed by atoms with van der Waals surface area (Å²) >= 11 is 1.27. The van der Waals surface area contributed by atoms with Crippen LogP contribution in [-0.4, -0.2) is 37.5 Å². The van der Waals surface area contributed by atoms with E-state index in [0.29, 0.717) is 18.1 Å². The first-order valence-corrected chi connectivity index (χ1v) is 9.56. The third-order valence-corrected chi connectivity index (χ3v) is 6.61. The van der Waals surface area contributed by atoms with Crippen molar-refractivity contribution in [1.82, 2.24) is 9.29 Å². The van der Waals surface area contributed by atoms with Crippen molar-refractivity contribution < 1.29 is 17.9 Å². The van der Waals surface area contributed by atoms with Gasteiger partial charge in [-0.3, -0.25) is 5.32 Å². The fourth-order valence-electron chi connectivity index (χ4n) is 2.43. The number of amides is 1. The van der Waals surface area contributed by atoms with Gasteiger partial charge in [0.1, 0.15) is 0 Å². The summed E-state index contributed by atoms with van der Waals surface area (Å²) in [7, 11) is -2.26. The van der Waals surface area contributed by atoms with Crippen LogP contribution in [0.2, 0.25) is 0 Å². The smallest absolute Gasteiger partial charge is 0.413 e. The van der Waals surface area contributed by atoms with E-state index in [1.54, 1.807) is 24.3 Å². The minimum absolute atomic E-state index is 0.256. The zero-order chi connectivity index (χ0) is 17.3. The lowest BCUT2D eigenvalue weighted by atomic mass is 10.2. The van der Waals surface area contributed by atoms with E-state index in [1.165, 1.54) is 22.8 Å². The average molecular weight is 367 g/mol. The molecule has 1 aromatic carbocycles. The SMILES string of the molecule is COC(=O)Nc1nc2c(s1)CN(S(=O)(=O)c1ccc(C)cc1)CC2. The van der Waals surface area contributed by atoms with Crippen molar-refractivity contribution in [1.29, 1.82) is 0 Å². The molecule has 0 saturated carbocycles. The Kier molecular flexibility index (Phi) is 4.57. The first kappa shape index (κ1) is 16.9. The van der Waals surface area contributed by atoms with Crippen LogP contribution in [0.4, 0.5) is 9.93 Å². The maximum atomic E-state index is 12.8. The van der Waals surface area contributed by atoms with Crippen molar-refractivity contribution in [3.63, 3.8) is 0 Å². The molecule has 1 aliphatic rings. The van der Waals surface area contributed by atoms with Crippen molar-refractivity contribution in [3.8, 4) is 0 Å². The molecule has 0 spiro atoms. The summed E-state index contributed by atoms with van der Waals surface area (Å²) in [6.07, 6.45) is -0.0787. The Morgan fingerprint density at radius 2 is 2.04 bits per heavy atom. The summed E-state index contributed by atoms with van der Waals surface area (Å²) < 4.78 is 31.5. The minimum atomic E-state index is -3.54. The summed E-state index contributed by atoms with van der Waals surface area (Å²) in [6.45, 7) is 2.54. The Labute approximate surface area is 144 Å². The normalized spacial score (nSPS) is 14.9. The average Bonchev–Trinajstić information content (AvgIpc) is 2.96. The summed E-state index contributed by atoms with van der Waals surface area (Å²) in [6, 6.07) is 6.81. The van der Waals surface area contributed by atoms with Gasteiger partial charge >= 0.3 is 6.09 Å². The monoisotopic (exact) mass is 367 g/mol. The van der Waals surface area contributed by atoms with Crippen LogP contribution in [0, 0.1) is 6.92 Å². The molecule has 9 heteroatoms. The molecule has 3 rings (SSSR count). The van der Waals surface area contributed by atoms with Crippen LogP contribution < -0.4 is 5.32 Å². The van der Waals surface area contributed by atoms with Gasteiger partial charge in [0.15, 0.2) is 5.13 Å². The van der Waals surface area contributed by atoms with E-state index in [1.807, 2.05) is 6.92 Å². The zero-order valence-electron chi connectivity index (χ0n) is 13.3. The Balaban J connectivity index is 1.81. The van der Waals surface area contributed by atoms with Crippen LogP contribution in [-0.2, 0) is 27.7 Å². The Bertz CT molecular complexity index is 859. The molecule has 1 aromatic heterocycles. The van der Waals surface area contributed by atoms with Crippen LogP contribution in [0.5, 0.6) is 0 Å². The summed E-state index contributed by atoms with van der Waals surface area (Å²) in [5, 5.41) is 2.94. The lowest BCUT2D eigenvalue weighted by Gasteiger charge is -2.25. The van der Waals surface area contributed by atoms with Crippen molar-refractivity contribution >= 4 is 32.6 Å². The number of aromatic nitrogens is 1. The molecule has 2 heterocycles. The number of thiazole rings is 1. The molecule has 1 aliphatic heterocycles. The van der Waals surface area contributed by atoms with E-state index in [2.05, 4.69) is 15.0 Å². The second kappa shape index (κ2) is 6.50. The Morgan fingerprint density at radius 3 is 2.71 bits per heavy atom. The maximum Gasteiger partial charge on any atom is 0.413 e. The number of carbonyl (C=O) groups is 1.